The van der Waals surface area contributed by atoms with Crippen LogP contribution in [0, 0.1) is 6.92 Å². The zero-order chi connectivity index (χ0) is 27.6. The van der Waals surface area contributed by atoms with Crippen LogP contribution in [0.1, 0.15) is 26.5 Å². The predicted molar refractivity (Wildman–Crippen MR) is 145 cm³/mol. The van der Waals surface area contributed by atoms with Crippen LogP contribution in [-0.4, -0.2) is 28.1 Å². The van der Waals surface area contributed by atoms with Gasteiger partial charge in [-0.15, -0.1) is 11.3 Å². The maximum Gasteiger partial charge on any atom is 0.416 e. The van der Waals surface area contributed by atoms with Crippen LogP contribution in [0.4, 0.5) is 18.9 Å². The molecule has 0 unspecified atom stereocenters. The molecule has 1 N–H and O–H groups in total. The van der Waals surface area contributed by atoms with Crippen LogP contribution in [-0.2, 0) is 17.5 Å². The van der Waals surface area contributed by atoms with Crippen LogP contribution in [0.5, 0.6) is 0 Å². The summed E-state index contributed by atoms with van der Waals surface area (Å²) < 4.78 is 42.2. The second-order valence-corrected chi connectivity index (χ2v) is 9.89. The molecule has 0 aliphatic carbocycles. The van der Waals surface area contributed by atoms with Gasteiger partial charge >= 0.3 is 6.18 Å². The Kier molecular flexibility index (Phi) is 7.21. The number of hydrogen-bond donors (Lipinski definition) is 1. The van der Waals surface area contributed by atoms with Crippen molar-refractivity contribution in [2.24, 2.45) is 0 Å². The highest BCUT2D eigenvalue weighted by molar-refractivity contribution is 7.20. The van der Waals surface area contributed by atoms with Crippen LogP contribution in [0.25, 0.3) is 15.9 Å². The predicted octanol–water partition coefficient (Wildman–Crippen LogP) is 6.38. The number of alkyl halides is 3. The lowest BCUT2D eigenvalue weighted by molar-refractivity contribution is -0.137. The average Bonchev–Trinajstić information content (AvgIpc) is 3.51. The monoisotopic (exact) mass is 548 g/mol. The highest BCUT2D eigenvalue weighted by atomic mass is 32.1. The first kappa shape index (κ1) is 26.2. The molecule has 2 amide bonds. The molecule has 6 nitrogen and oxygen atoms in total. The number of aryl methyl sites for hydroxylation is 1. The normalized spacial score (nSPS) is 11.5. The summed E-state index contributed by atoms with van der Waals surface area (Å²) >= 11 is 1.17. The highest BCUT2D eigenvalue weighted by Crippen LogP contribution is 2.34. The largest absolute Gasteiger partial charge is 0.416 e. The van der Waals surface area contributed by atoms with Crippen molar-refractivity contribution in [3.8, 4) is 5.69 Å². The molecule has 0 spiro atoms. The summed E-state index contributed by atoms with van der Waals surface area (Å²) in [6.45, 7) is 1.59. The molecule has 39 heavy (non-hydrogen) atoms. The van der Waals surface area contributed by atoms with Crippen molar-refractivity contribution in [2.45, 2.75) is 19.6 Å². The third-order valence-electron chi connectivity index (χ3n) is 6.12. The molecule has 3 aromatic carbocycles. The molecule has 198 valence electrons. The number of halogens is 3. The minimum absolute atomic E-state index is 0.0245. The molecule has 0 fully saturated rings. The number of nitrogens with one attached hydrogen (secondary N) is 1. The Morgan fingerprint density at radius 2 is 1.64 bits per heavy atom. The second-order valence-electron chi connectivity index (χ2n) is 8.86. The van der Waals surface area contributed by atoms with Gasteiger partial charge in [0.2, 0.25) is 5.91 Å². The maximum atomic E-state index is 13.8. The fraction of sp³-hybridized carbons (Fsp3) is 0.138. The van der Waals surface area contributed by atoms with Gasteiger partial charge in [-0.1, -0.05) is 54.6 Å². The number of rotatable bonds is 7. The first-order valence-corrected chi connectivity index (χ1v) is 12.9. The van der Waals surface area contributed by atoms with E-state index in [1.807, 2.05) is 67.6 Å². The van der Waals surface area contributed by atoms with E-state index in [1.54, 1.807) is 10.7 Å². The van der Waals surface area contributed by atoms with Gasteiger partial charge < -0.3 is 5.32 Å². The molecular weight excluding hydrogens is 525 g/mol. The number of hydrogen-bond acceptors (Lipinski definition) is 4. The molecule has 2 heterocycles. The quantitative estimate of drug-likeness (QED) is 0.257. The van der Waals surface area contributed by atoms with E-state index in [9.17, 15) is 22.8 Å². The number of nitrogens with zero attached hydrogens (tertiary/aromatic N) is 3. The molecule has 5 rings (SSSR count). The van der Waals surface area contributed by atoms with Crippen molar-refractivity contribution in [1.82, 2.24) is 15.1 Å². The number of carbonyl (C=O) groups is 2. The highest BCUT2D eigenvalue weighted by Gasteiger charge is 2.32. The Bertz CT molecular complexity index is 1630. The Hall–Kier alpha value is -4.44. The molecule has 0 aliphatic rings. The summed E-state index contributed by atoms with van der Waals surface area (Å²) in [4.78, 5) is 28.8. The summed E-state index contributed by atoms with van der Waals surface area (Å²) in [5.41, 5.74) is 1.44. The van der Waals surface area contributed by atoms with E-state index in [4.69, 9.17) is 0 Å². The molecule has 5 aromatic rings. The molecule has 10 heteroatoms. The SMILES string of the molecule is Cc1nn(-c2ccccc2)c2sc(C(=O)N(CC(=O)NCc3ccccc3)c3cccc(C(F)(F)F)c3)cc12. The van der Waals surface area contributed by atoms with Crippen LogP contribution in [0.15, 0.2) is 91.0 Å². The van der Waals surface area contributed by atoms with Gasteiger partial charge in [0.25, 0.3) is 5.91 Å². The molecule has 0 atom stereocenters. The van der Waals surface area contributed by atoms with Crippen LogP contribution < -0.4 is 10.2 Å². The smallest absolute Gasteiger partial charge is 0.350 e. The summed E-state index contributed by atoms with van der Waals surface area (Å²) in [6, 6.07) is 24.7. The van der Waals surface area contributed by atoms with E-state index in [0.717, 1.165) is 38.5 Å². The molecular formula is C29H23F3N4O2S. The Morgan fingerprint density at radius 3 is 2.33 bits per heavy atom. The number of aromatic nitrogens is 2. The van der Waals surface area contributed by atoms with Crippen LogP contribution in [0.3, 0.4) is 0 Å². The topological polar surface area (TPSA) is 67.2 Å². The van der Waals surface area contributed by atoms with Crippen molar-refractivity contribution >= 4 is 39.1 Å². The maximum absolute atomic E-state index is 13.8. The third kappa shape index (κ3) is 5.70. The summed E-state index contributed by atoms with van der Waals surface area (Å²) in [7, 11) is 0. The summed E-state index contributed by atoms with van der Waals surface area (Å²) in [5, 5.41) is 8.08. The van der Waals surface area contributed by atoms with Gasteiger partial charge in [-0.3, -0.25) is 14.5 Å². The van der Waals surface area contributed by atoms with Gasteiger partial charge in [0, 0.05) is 17.6 Å². The Morgan fingerprint density at radius 1 is 0.949 bits per heavy atom. The van der Waals surface area contributed by atoms with Crippen molar-refractivity contribution in [3.63, 3.8) is 0 Å². The fourth-order valence-corrected chi connectivity index (χ4v) is 5.29. The van der Waals surface area contributed by atoms with Crippen molar-refractivity contribution in [2.75, 3.05) is 11.4 Å². The number of amides is 2. The lowest BCUT2D eigenvalue weighted by Gasteiger charge is -2.23. The molecule has 0 bridgehead atoms. The average molecular weight is 549 g/mol. The molecule has 2 aromatic heterocycles. The number of carbonyl (C=O) groups excluding carboxylic acids is 2. The first-order chi connectivity index (χ1) is 18.7. The van der Waals surface area contributed by atoms with Crippen LogP contribution >= 0.6 is 11.3 Å². The van der Waals surface area contributed by atoms with E-state index in [0.29, 0.717) is 5.69 Å². The number of anilines is 1. The van der Waals surface area contributed by atoms with Crippen molar-refractivity contribution < 1.29 is 22.8 Å². The number of thiophene rings is 1. The van der Waals surface area contributed by atoms with Crippen LogP contribution in [0.2, 0.25) is 0 Å². The van der Waals surface area contributed by atoms with Gasteiger partial charge in [0.15, 0.2) is 0 Å². The number of para-hydroxylation sites is 1. The van der Waals surface area contributed by atoms with E-state index < -0.39 is 30.1 Å². The Balaban J connectivity index is 1.49. The van der Waals surface area contributed by atoms with Gasteiger partial charge in [-0.25, -0.2) is 4.68 Å². The van der Waals surface area contributed by atoms with E-state index >= 15 is 0 Å². The fourth-order valence-electron chi connectivity index (χ4n) is 4.16. The minimum Gasteiger partial charge on any atom is -0.350 e. The lowest BCUT2D eigenvalue weighted by Crippen LogP contribution is -2.40. The molecule has 0 radical (unpaired) electrons. The van der Waals surface area contributed by atoms with E-state index in [1.165, 1.54) is 23.5 Å². The lowest BCUT2D eigenvalue weighted by atomic mass is 10.1. The molecule has 0 aliphatic heterocycles. The number of benzene rings is 3. The van der Waals surface area contributed by atoms with Gasteiger partial charge in [0.1, 0.15) is 11.4 Å². The summed E-state index contributed by atoms with van der Waals surface area (Å²) in [5.74, 6) is -1.08. The zero-order valence-electron chi connectivity index (χ0n) is 20.8. The Labute approximate surface area is 226 Å². The molecule has 0 saturated heterocycles. The van der Waals surface area contributed by atoms with Gasteiger partial charge in [-0.05, 0) is 48.9 Å². The third-order valence-corrected chi connectivity index (χ3v) is 7.22. The minimum atomic E-state index is -4.60. The zero-order valence-corrected chi connectivity index (χ0v) is 21.6. The van der Waals surface area contributed by atoms with Crippen molar-refractivity contribution in [1.29, 1.82) is 0 Å². The molecule has 0 saturated carbocycles. The van der Waals surface area contributed by atoms with Crippen molar-refractivity contribution in [3.05, 3.63) is 113 Å². The van der Waals surface area contributed by atoms with Gasteiger partial charge in [0.05, 0.1) is 21.8 Å². The second kappa shape index (κ2) is 10.7. The first-order valence-electron chi connectivity index (χ1n) is 12.0. The summed E-state index contributed by atoms with van der Waals surface area (Å²) in [6.07, 6.45) is -4.60. The van der Waals surface area contributed by atoms with E-state index in [-0.39, 0.29) is 17.1 Å². The standard InChI is InChI=1S/C29H23F3N4O2S/c1-19-24-16-25(39-28(24)36(34-19)22-12-6-3-7-13-22)27(38)35(23-14-8-11-21(15-23)29(30,31)32)18-26(37)33-17-20-9-4-2-5-10-20/h2-16H,17-18H2,1H3,(H,33,37). The van der Waals surface area contributed by atoms with E-state index in [2.05, 4.69) is 10.4 Å². The number of fused-ring (bicyclic) bond motifs is 1. The van der Waals surface area contributed by atoms with Gasteiger partial charge in [-0.2, -0.15) is 18.3 Å².